The summed E-state index contributed by atoms with van der Waals surface area (Å²) in [4.78, 5) is 20.9. The SMILES string of the molecule is Cc1cc(-c2cccc(C(=O)N(C)CCN(C)C)c2)cn2ccnc12. The number of carbonyl (C=O) groups is 1. The van der Waals surface area contributed by atoms with Crippen LogP contribution in [-0.4, -0.2) is 59.3 Å². The summed E-state index contributed by atoms with van der Waals surface area (Å²) >= 11 is 0. The largest absolute Gasteiger partial charge is 0.340 e. The molecule has 5 heteroatoms. The number of imidazole rings is 1. The summed E-state index contributed by atoms with van der Waals surface area (Å²) in [7, 11) is 5.86. The van der Waals surface area contributed by atoms with E-state index in [1.54, 1.807) is 11.1 Å². The Morgan fingerprint density at radius 1 is 1.12 bits per heavy atom. The molecule has 130 valence electrons. The second-order valence-electron chi connectivity index (χ2n) is 6.68. The summed E-state index contributed by atoms with van der Waals surface area (Å²) in [5.74, 6) is 0.0455. The Kier molecular flexibility index (Phi) is 4.86. The lowest BCUT2D eigenvalue weighted by molar-refractivity contribution is 0.0786. The standard InChI is InChI=1S/C20H24N4O/c1-15-12-18(14-24-9-8-21-19(15)24)16-6-5-7-17(13-16)20(25)23(4)11-10-22(2)3/h5-9,12-14H,10-11H2,1-4H3. The number of likely N-dealkylation sites (N-methyl/N-ethyl adjacent to an activating group) is 2. The predicted molar refractivity (Wildman–Crippen MR) is 101 cm³/mol. The highest BCUT2D eigenvalue weighted by Crippen LogP contribution is 2.23. The molecule has 3 aromatic rings. The molecule has 1 aromatic carbocycles. The molecule has 0 fully saturated rings. The zero-order valence-corrected chi connectivity index (χ0v) is 15.2. The summed E-state index contributed by atoms with van der Waals surface area (Å²) < 4.78 is 2.02. The molecule has 0 aliphatic heterocycles. The van der Waals surface area contributed by atoms with Crippen LogP contribution in [0.2, 0.25) is 0 Å². The minimum Gasteiger partial charge on any atom is -0.340 e. The van der Waals surface area contributed by atoms with Crippen molar-refractivity contribution < 1.29 is 4.79 Å². The molecule has 0 aliphatic carbocycles. The summed E-state index contributed by atoms with van der Waals surface area (Å²) in [6, 6.07) is 9.93. The Bertz CT molecular complexity index is 898. The molecule has 5 nitrogen and oxygen atoms in total. The number of nitrogens with zero attached hydrogens (tertiary/aromatic N) is 4. The fourth-order valence-corrected chi connectivity index (χ4v) is 2.87. The third kappa shape index (κ3) is 3.72. The molecule has 0 N–H and O–H groups in total. The number of carbonyl (C=O) groups excluding carboxylic acids is 1. The van der Waals surface area contributed by atoms with Crippen molar-refractivity contribution in [1.82, 2.24) is 19.2 Å². The molecule has 3 rings (SSSR count). The van der Waals surface area contributed by atoms with Gasteiger partial charge in [-0.25, -0.2) is 4.98 Å². The van der Waals surface area contributed by atoms with Crippen LogP contribution in [0.3, 0.4) is 0 Å². The normalized spacial score (nSPS) is 11.2. The van der Waals surface area contributed by atoms with Crippen molar-refractivity contribution in [3.05, 3.63) is 60.0 Å². The van der Waals surface area contributed by atoms with Crippen LogP contribution in [0, 0.1) is 6.92 Å². The fourth-order valence-electron chi connectivity index (χ4n) is 2.87. The number of hydrogen-bond acceptors (Lipinski definition) is 3. The highest BCUT2D eigenvalue weighted by Gasteiger charge is 2.13. The van der Waals surface area contributed by atoms with E-state index < -0.39 is 0 Å². The first-order chi connectivity index (χ1) is 12.0. The molecule has 1 amide bonds. The van der Waals surface area contributed by atoms with Crippen molar-refractivity contribution in [3.8, 4) is 11.1 Å². The van der Waals surface area contributed by atoms with Gasteiger partial charge in [-0.2, -0.15) is 0 Å². The quantitative estimate of drug-likeness (QED) is 0.719. The number of fused-ring (bicyclic) bond motifs is 1. The van der Waals surface area contributed by atoms with E-state index in [0.717, 1.165) is 28.9 Å². The van der Waals surface area contributed by atoms with Gasteiger partial charge in [0.15, 0.2) is 0 Å². The fraction of sp³-hybridized carbons (Fsp3) is 0.300. The molecule has 0 atom stereocenters. The second kappa shape index (κ2) is 7.07. The molecular weight excluding hydrogens is 312 g/mol. The van der Waals surface area contributed by atoms with Gasteiger partial charge in [-0.1, -0.05) is 12.1 Å². The number of benzene rings is 1. The second-order valence-corrected chi connectivity index (χ2v) is 6.68. The summed E-state index contributed by atoms with van der Waals surface area (Å²) in [6.45, 7) is 3.60. The van der Waals surface area contributed by atoms with Gasteiger partial charge in [-0.05, 0) is 55.9 Å². The molecule has 0 aliphatic rings. The first-order valence-electron chi connectivity index (χ1n) is 8.39. The van der Waals surface area contributed by atoms with Gasteiger partial charge in [0.1, 0.15) is 5.65 Å². The van der Waals surface area contributed by atoms with Gasteiger partial charge in [0, 0.05) is 44.3 Å². The zero-order chi connectivity index (χ0) is 18.0. The van der Waals surface area contributed by atoms with Gasteiger partial charge in [-0.3, -0.25) is 4.79 Å². The zero-order valence-electron chi connectivity index (χ0n) is 15.2. The van der Waals surface area contributed by atoms with Crippen LogP contribution < -0.4 is 0 Å². The minimum absolute atomic E-state index is 0.0455. The maximum Gasteiger partial charge on any atom is 0.253 e. The van der Waals surface area contributed by atoms with Crippen LogP contribution in [0.1, 0.15) is 15.9 Å². The molecular formula is C20H24N4O. The molecule has 0 bridgehead atoms. The summed E-state index contributed by atoms with van der Waals surface area (Å²) in [5, 5.41) is 0. The minimum atomic E-state index is 0.0455. The van der Waals surface area contributed by atoms with Gasteiger partial charge >= 0.3 is 0 Å². The Morgan fingerprint density at radius 3 is 2.68 bits per heavy atom. The lowest BCUT2D eigenvalue weighted by Crippen LogP contribution is -2.33. The Balaban J connectivity index is 1.89. The maximum atomic E-state index is 12.7. The Morgan fingerprint density at radius 2 is 1.92 bits per heavy atom. The molecule has 0 saturated heterocycles. The van der Waals surface area contributed by atoms with Crippen LogP contribution >= 0.6 is 0 Å². The van der Waals surface area contributed by atoms with Crippen LogP contribution in [0.5, 0.6) is 0 Å². The number of pyridine rings is 1. The van der Waals surface area contributed by atoms with Crippen molar-refractivity contribution in [2.24, 2.45) is 0 Å². The molecule has 0 saturated carbocycles. The third-order valence-electron chi connectivity index (χ3n) is 4.34. The first-order valence-corrected chi connectivity index (χ1v) is 8.39. The van der Waals surface area contributed by atoms with Gasteiger partial charge in [0.25, 0.3) is 5.91 Å². The Hall–Kier alpha value is -2.66. The van der Waals surface area contributed by atoms with Gasteiger partial charge in [0.2, 0.25) is 0 Å². The number of aryl methyl sites for hydroxylation is 1. The van der Waals surface area contributed by atoms with E-state index in [9.17, 15) is 4.79 Å². The van der Waals surface area contributed by atoms with Crippen LogP contribution in [0.15, 0.2) is 48.9 Å². The average molecular weight is 336 g/mol. The summed E-state index contributed by atoms with van der Waals surface area (Å²) in [5.41, 5.74) is 4.89. The van der Waals surface area contributed by atoms with E-state index in [-0.39, 0.29) is 5.91 Å². The molecule has 2 aromatic heterocycles. The number of aromatic nitrogens is 2. The number of rotatable bonds is 5. The maximum absolute atomic E-state index is 12.7. The van der Waals surface area contributed by atoms with Crippen molar-refractivity contribution in [2.75, 3.05) is 34.2 Å². The number of hydrogen-bond donors (Lipinski definition) is 0. The highest BCUT2D eigenvalue weighted by molar-refractivity contribution is 5.95. The van der Waals surface area contributed by atoms with Crippen molar-refractivity contribution in [3.63, 3.8) is 0 Å². The lowest BCUT2D eigenvalue weighted by atomic mass is 10.0. The van der Waals surface area contributed by atoms with E-state index in [1.165, 1.54) is 0 Å². The smallest absolute Gasteiger partial charge is 0.253 e. The average Bonchev–Trinajstić information content (AvgIpc) is 3.08. The van der Waals surface area contributed by atoms with Gasteiger partial charge in [-0.15, -0.1) is 0 Å². The molecule has 2 heterocycles. The molecule has 25 heavy (non-hydrogen) atoms. The van der Waals surface area contributed by atoms with Gasteiger partial charge in [0.05, 0.1) is 0 Å². The van der Waals surface area contributed by atoms with E-state index in [4.69, 9.17) is 0 Å². The molecule has 0 unspecified atom stereocenters. The van der Waals surface area contributed by atoms with Crippen LogP contribution in [-0.2, 0) is 0 Å². The topological polar surface area (TPSA) is 40.9 Å². The molecule has 0 spiro atoms. The van der Waals surface area contributed by atoms with E-state index in [1.807, 2.05) is 56.0 Å². The van der Waals surface area contributed by atoms with E-state index >= 15 is 0 Å². The Labute approximate surface area is 148 Å². The van der Waals surface area contributed by atoms with Crippen molar-refractivity contribution in [1.29, 1.82) is 0 Å². The van der Waals surface area contributed by atoms with Crippen LogP contribution in [0.25, 0.3) is 16.8 Å². The predicted octanol–water partition coefficient (Wildman–Crippen LogP) is 2.94. The van der Waals surface area contributed by atoms with Crippen molar-refractivity contribution >= 4 is 11.6 Å². The number of amides is 1. The first kappa shape index (κ1) is 17.2. The van der Waals surface area contributed by atoms with E-state index in [2.05, 4.69) is 29.1 Å². The van der Waals surface area contributed by atoms with Gasteiger partial charge < -0.3 is 14.2 Å². The summed E-state index contributed by atoms with van der Waals surface area (Å²) in [6.07, 6.45) is 5.79. The van der Waals surface area contributed by atoms with Crippen LogP contribution in [0.4, 0.5) is 0 Å². The van der Waals surface area contributed by atoms with Crippen molar-refractivity contribution in [2.45, 2.75) is 6.92 Å². The lowest BCUT2D eigenvalue weighted by Gasteiger charge is -2.20. The highest BCUT2D eigenvalue weighted by atomic mass is 16.2. The van der Waals surface area contributed by atoms with E-state index in [0.29, 0.717) is 12.1 Å². The third-order valence-corrected chi connectivity index (χ3v) is 4.34. The molecule has 0 radical (unpaired) electrons. The monoisotopic (exact) mass is 336 g/mol.